The smallest absolute Gasteiger partial charge is 0.253 e. The maximum Gasteiger partial charge on any atom is 0.253 e. The van der Waals surface area contributed by atoms with Crippen LogP contribution in [-0.4, -0.2) is 36.6 Å². The van der Waals surface area contributed by atoms with Crippen LogP contribution in [0.25, 0.3) is 0 Å². The number of thioether (sulfide) groups is 1. The monoisotopic (exact) mass is 454 g/mol. The van der Waals surface area contributed by atoms with E-state index in [0.717, 1.165) is 17.0 Å². The van der Waals surface area contributed by atoms with Gasteiger partial charge in [0.05, 0.1) is 31.9 Å². The van der Waals surface area contributed by atoms with Crippen LogP contribution in [0.15, 0.2) is 70.4 Å². The predicted molar refractivity (Wildman–Crippen MR) is 122 cm³/mol. The van der Waals surface area contributed by atoms with Gasteiger partial charge in [-0.1, -0.05) is 0 Å². The molecule has 0 spiro atoms. The van der Waals surface area contributed by atoms with E-state index in [0.29, 0.717) is 29.2 Å². The first-order chi connectivity index (χ1) is 15.6. The number of carbonyl (C=O) groups excluding carboxylic acids is 1. The van der Waals surface area contributed by atoms with Gasteiger partial charge in [-0.2, -0.15) is 5.10 Å². The van der Waals surface area contributed by atoms with Gasteiger partial charge in [-0.05, 0) is 60.2 Å². The van der Waals surface area contributed by atoms with Crippen molar-refractivity contribution < 1.29 is 23.1 Å². The summed E-state index contributed by atoms with van der Waals surface area (Å²) in [5, 5.41) is 6.12. The van der Waals surface area contributed by atoms with E-state index in [1.807, 2.05) is 30.3 Å². The molecule has 3 aromatic rings. The fourth-order valence-electron chi connectivity index (χ4n) is 3.58. The minimum atomic E-state index is -0.334. The number of methoxy groups -OCH3 is 2. The molecule has 8 heteroatoms. The van der Waals surface area contributed by atoms with Gasteiger partial charge in [0.2, 0.25) is 0 Å². The number of hydrogen-bond donors (Lipinski definition) is 0. The lowest BCUT2D eigenvalue weighted by atomic mass is 10.0. The fourth-order valence-corrected chi connectivity index (χ4v) is 4.43. The molecule has 1 amide bonds. The Kier molecular flexibility index (Phi) is 6.80. The second kappa shape index (κ2) is 9.91. The molecule has 32 heavy (non-hydrogen) atoms. The normalized spacial score (nSPS) is 15.5. The van der Waals surface area contributed by atoms with Crippen LogP contribution < -0.4 is 9.47 Å². The van der Waals surface area contributed by atoms with Gasteiger partial charge in [-0.15, -0.1) is 11.8 Å². The molecule has 2 aromatic carbocycles. The van der Waals surface area contributed by atoms with Crippen LogP contribution in [-0.2, 0) is 10.5 Å². The topological polar surface area (TPSA) is 64.3 Å². The first kappa shape index (κ1) is 22.0. The van der Waals surface area contributed by atoms with Crippen molar-refractivity contribution in [3.05, 3.63) is 83.6 Å². The summed E-state index contributed by atoms with van der Waals surface area (Å²) in [4.78, 5) is 13.1. The number of halogens is 1. The Bertz CT molecular complexity index is 1100. The Morgan fingerprint density at radius 1 is 1.19 bits per heavy atom. The molecule has 2 heterocycles. The molecule has 1 atom stereocenters. The molecule has 1 aromatic heterocycles. The van der Waals surface area contributed by atoms with E-state index >= 15 is 0 Å². The number of ether oxygens (including phenoxy) is 2. The molecule has 0 N–H and O–H groups in total. The van der Waals surface area contributed by atoms with Gasteiger partial charge in [0.1, 0.15) is 29.1 Å². The Morgan fingerprint density at radius 2 is 2.00 bits per heavy atom. The minimum absolute atomic E-state index is 0.143. The molecule has 4 rings (SSSR count). The van der Waals surface area contributed by atoms with Crippen LogP contribution in [0.4, 0.5) is 4.39 Å². The number of hydrogen-bond acceptors (Lipinski definition) is 6. The summed E-state index contributed by atoms with van der Waals surface area (Å²) in [7, 11) is 3.16. The van der Waals surface area contributed by atoms with Crippen molar-refractivity contribution in [1.82, 2.24) is 5.01 Å². The van der Waals surface area contributed by atoms with Gasteiger partial charge in [-0.3, -0.25) is 4.79 Å². The number of benzene rings is 2. The predicted octanol–water partition coefficient (Wildman–Crippen LogP) is 5.05. The Hall–Kier alpha value is -3.26. The molecule has 0 fully saturated rings. The quantitative estimate of drug-likeness (QED) is 0.477. The molecule has 0 bridgehead atoms. The summed E-state index contributed by atoms with van der Waals surface area (Å²) in [6.45, 7) is 0. The van der Waals surface area contributed by atoms with E-state index in [4.69, 9.17) is 13.9 Å². The maximum atomic E-state index is 13.6. The molecule has 1 aliphatic heterocycles. The summed E-state index contributed by atoms with van der Waals surface area (Å²) in [6, 6.07) is 15.3. The third kappa shape index (κ3) is 4.80. The van der Waals surface area contributed by atoms with E-state index < -0.39 is 0 Å². The van der Waals surface area contributed by atoms with E-state index in [9.17, 15) is 9.18 Å². The summed E-state index contributed by atoms with van der Waals surface area (Å²) < 4.78 is 29.7. The number of rotatable bonds is 8. The first-order valence-electron chi connectivity index (χ1n) is 10.1. The SMILES string of the molecule is COc1ccc(C2=NN(C(=O)CSCc3cc(F)ccc3OC)[C@@H](c3ccco3)C2)cc1. The highest BCUT2D eigenvalue weighted by molar-refractivity contribution is 7.99. The van der Waals surface area contributed by atoms with Gasteiger partial charge < -0.3 is 13.9 Å². The summed E-state index contributed by atoms with van der Waals surface area (Å²) in [5.74, 6) is 2.20. The van der Waals surface area contributed by atoms with Crippen molar-refractivity contribution in [2.45, 2.75) is 18.2 Å². The van der Waals surface area contributed by atoms with Crippen LogP contribution in [0.1, 0.15) is 29.3 Å². The van der Waals surface area contributed by atoms with Crippen molar-refractivity contribution in [1.29, 1.82) is 0 Å². The first-order valence-corrected chi connectivity index (χ1v) is 11.2. The highest BCUT2D eigenvalue weighted by atomic mass is 32.2. The standard InChI is InChI=1S/C24H23FN2O4S/c1-29-19-8-5-16(6-9-19)20-13-21(23-4-3-11-31-23)27(26-20)24(28)15-32-14-17-12-18(25)7-10-22(17)30-2/h3-12,21H,13-15H2,1-2H3/t21-/m1/s1. The van der Waals surface area contributed by atoms with Crippen LogP contribution in [0.3, 0.4) is 0 Å². The second-order valence-corrected chi connectivity index (χ2v) is 8.18. The van der Waals surface area contributed by atoms with Crippen molar-refractivity contribution in [2.24, 2.45) is 5.10 Å². The highest BCUT2D eigenvalue weighted by Crippen LogP contribution is 2.34. The van der Waals surface area contributed by atoms with Crippen LogP contribution >= 0.6 is 11.8 Å². The van der Waals surface area contributed by atoms with E-state index in [-0.39, 0.29) is 23.5 Å². The Morgan fingerprint density at radius 3 is 2.69 bits per heavy atom. The Labute approximate surface area is 190 Å². The van der Waals surface area contributed by atoms with Gasteiger partial charge in [0.15, 0.2) is 0 Å². The third-order valence-electron chi connectivity index (χ3n) is 5.19. The maximum absolute atomic E-state index is 13.6. The molecule has 0 aliphatic carbocycles. The minimum Gasteiger partial charge on any atom is -0.497 e. The molecule has 0 saturated heterocycles. The lowest BCUT2D eigenvalue weighted by Gasteiger charge is -2.19. The number of hydrazone groups is 1. The molecular weight excluding hydrogens is 431 g/mol. The number of amides is 1. The zero-order valence-electron chi connectivity index (χ0n) is 17.8. The van der Waals surface area contributed by atoms with Gasteiger partial charge >= 0.3 is 0 Å². The van der Waals surface area contributed by atoms with Gasteiger partial charge in [0.25, 0.3) is 5.91 Å². The van der Waals surface area contributed by atoms with Gasteiger partial charge in [-0.25, -0.2) is 9.40 Å². The summed E-state index contributed by atoms with van der Waals surface area (Å²) in [5.41, 5.74) is 2.44. The largest absolute Gasteiger partial charge is 0.497 e. The average Bonchev–Trinajstić information content (AvgIpc) is 3.49. The fraction of sp³-hybridized carbons (Fsp3) is 0.250. The molecule has 6 nitrogen and oxygen atoms in total. The zero-order valence-corrected chi connectivity index (χ0v) is 18.6. The van der Waals surface area contributed by atoms with E-state index in [1.54, 1.807) is 32.6 Å². The van der Waals surface area contributed by atoms with Crippen molar-refractivity contribution in [3.63, 3.8) is 0 Å². The molecule has 166 valence electrons. The van der Waals surface area contributed by atoms with Crippen molar-refractivity contribution in [2.75, 3.05) is 20.0 Å². The van der Waals surface area contributed by atoms with E-state index in [1.165, 1.54) is 28.9 Å². The third-order valence-corrected chi connectivity index (χ3v) is 6.15. The van der Waals surface area contributed by atoms with Crippen molar-refractivity contribution >= 4 is 23.4 Å². The zero-order chi connectivity index (χ0) is 22.5. The molecular formula is C24H23FN2O4S. The average molecular weight is 455 g/mol. The van der Waals surface area contributed by atoms with Crippen LogP contribution in [0, 0.1) is 5.82 Å². The van der Waals surface area contributed by atoms with Gasteiger partial charge in [0, 0.05) is 17.7 Å². The number of carbonyl (C=O) groups is 1. The molecule has 0 unspecified atom stereocenters. The molecule has 1 aliphatic rings. The lowest BCUT2D eigenvalue weighted by Crippen LogP contribution is -2.28. The molecule has 0 saturated carbocycles. The second-order valence-electron chi connectivity index (χ2n) is 7.20. The number of nitrogens with zero attached hydrogens (tertiary/aromatic N) is 2. The lowest BCUT2D eigenvalue weighted by molar-refractivity contribution is -0.130. The van der Waals surface area contributed by atoms with Crippen molar-refractivity contribution in [3.8, 4) is 11.5 Å². The highest BCUT2D eigenvalue weighted by Gasteiger charge is 2.34. The van der Waals surface area contributed by atoms with Crippen LogP contribution in [0.5, 0.6) is 11.5 Å². The van der Waals surface area contributed by atoms with E-state index in [2.05, 4.69) is 5.10 Å². The number of furan rings is 1. The van der Waals surface area contributed by atoms with Crippen LogP contribution in [0.2, 0.25) is 0 Å². The molecule has 0 radical (unpaired) electrons. The summed E-state index contributed by atoms with van der Waals surface area (Å²) in [6.07, 6.45) is 2.14. The Balaban J connectivity index is 1.48. The summed E-state index contributed by atoms with van der Waals surface area (Å²) >= 11 is 1.39.